The minimum Gasteiger partial charge on any atom is -0.310 e. The molecule has 0 saturated carbocycles. The summed E-state index contributed by atoms with van der Waals surface area (Å²) in [6.45, 7) is 0. The topological polar surface area (TPSA) is 34.0 Å². The third-order valence-corrected chi connectivity index (χ3v) is 16.2. The van der Waals surface area contributed by atoms with Crippen LogP contribution in [0.4, 0.5) is 17.1 Å². The molecule has 1 spiro atoms. The van der Waals surface area contributed by atoms with Crippen LogP contribution < -0.4 is 4.90 Å². The Balaban J connectivity index is 0.852. The average Bonchev–Trinajstić information content (AvgIpc) is 4.31. The summed E-state index contributed by atoms with van der Waals surface area (Å²) < 4.78 is 2.37. The Hall–Kier alpha value is -9.90. The zero-order chi connectivity index (χ0) is 49.2. The summed E-state index contributed by atoms with van der Waals surface area (Å²) in [5, 5.41) is 7.09. The zero-order valence-electron chi connectivity index (χ0n) is 40.7. The van der Waals surface area contributed by atoms with Crippen LogP contribution >= 0.6 is 0 Å². The Kier molecular flexibility index (Phi) is 8.92. The number of anilines is 3. The smallest absolute Gasteiger partial charge is 0.0979 e. The minimum atomic E-state index is -0.592. The molecule has 2 aromatic heterocycles. The van der Waals surface area contributed by atoms with E-state index in [1.807, 2.05) is 6.20 Å². The van der Waals surface area contributed by atoms with Crippen LogP contribution in [0.2, 0.25) is 0 Å². The van der Waals surface area contributed by atoms with E-state index in [1.54, 1.807) is 0 Å². The van der Waals surface area contributed by atoms with Gasteiger partial charge in [0.15, 0.2) is 0 Å². The van der Waals surface area contributed by atoms with Crippen LogP contribution in [-0.4, -0.2) is 14.5 Å². The van der Waals surface area contributed by atoms with E-state index in [4.69, 9.17) is 9.97 Å². The van der Waals surface area contributed by atoms with E-state index in [0.717, 1.165) is 55.8 Å². The van der Waals surface area contributed by atoms with E-state index in [-0.39, 0.29) is 0 Å². The molecule has 0 N–H and O–H groups in total. The minimum absolute atomic E-state index is 0.592. The van der Waals surface area contributed by atoms with Crippen molar-refractivity contribution < 1.29 is 0 Å². The summed E-state index contributed by atoms with van der Waals surface area (Å²) in [6, 6.07) is 95.6. The van der Waals surface area contributed by atoms with Crippen molar-refractivity contribution >= 4 is 71.4 Å². The molecule has 0 radical (unpaired) electrons. The fraction of sp³-hybridized carbons (Fsp3) is 0.0141. The second-order valence-corrected chi connectivity index (χ2v) is 20.0. The number of hydrogen-bond acceptors (Lipinski definition) is 3. The van der Waals surface area contributed by atoms with Crippen molar-refractivity contribution in [2.75, 3.05) is 4.90 Å². The largest absolute Gasteiger partial charge is 0.310 e. The number of aromatic nitrogens is 3. The number of hydrogen-bond donors (Lipinski definition) is 0. The lowest BCUT2D eigenvalue weighted by Crippen LogP contribution is -2.26. The lowest BCUT2D eigenvalue weighted by atomic mass is 9.70. The predicted octanol–water partition coefficient (Wildman–Crippen LogP) is 18.2. The Morgan fingerprint density at radius 2 is 0.827 bits per heavy atom. The summed E-state index contributed by atoms with van der Waals surface area (Å²) >= 11 is 0. The summed E-state index contributed by atoms with van der Waals surface area (Å²) in [4.78, 5) is 13.1. The van der Waals surface area contributed by atoms with E-state index in [9.17, 15) is 0 Å². The van der Waals surface area contributed by atoms with Crippen molar-refractivity contribution in [2.24, 2.45) is 0 Å². The highest BCUT2D eigenvalue weighted by atomic mass is 15.1. The molecule has 0 bridgehead atoms. The molecule has 0 unspecified atom stereocenters. The molecule has 0 saturated heterocycles. The quantitative estimate of drug-likeness (QED) is 0.156. The molecule has 75 heavy (non-hydrogen) atoms. The SMILES string of the molecule is c1ccc(N(c2ccc(-c3ccc4c(c3)c3ccccc3n4-c3ccccc3)cc2)c2ccc3c(c2)C2(c4ccccc4-c4ccccc42)c2cc(-c4cnc5c6ccccc6c6ccccc6c5n4)ccc2-3)cc1. The zero-order valence-corrected chi connectivity index (χ0v) is 40.7. The van der Waals surface area contributed by atoms with E-state index in [1.165, 1.54) is 88.2 Å². The maximum absolute atomic E-state index is 5.50. The van der Waals surface area contributed by atoms with Gasteiger partial charge < -0.3 is 9.47 Å². The van der Waals surface area contributed by atoms with Gasteiger partial charge in [-0.3, -0.25) is 4.98 Å². The van der Waals surface area contributed by atoms with Crippen LogP contribution in [0.1, 0.15) is 22.3 Å². The van der Waals surface area contributed by atoms with Gasteiger partial charge in [0.05, 0.1) is 39.4 Å². The van der Waals surface area contributed by atoms with Crippen molar-refractivity contribution in [3.63, 3.8) is 0 Å². The van der Waals surface area contributed by atoms with Gasteiger partial charge in [0.1, 0.15) is 0 Å². The Labute approximate surface area is 433 Å². The molecule has 0 aliphatic heterocycles. The summed E-state index contributed by atoms with van der Waals surface area (Å²) in [7, 11) is 0. The molecule has 14 aromatic rings. The first-order valence-electron chi connectivity index (χ1n) is 25.8. The fourth-order valence-corrected chi connectivity index (χ4v) is 13.0. The third kappa shape index (κ3) is 5.99. The summed E-state index contributed by atoms with van der Waals surface area (Å²) in [5.74, 6) is 0. The molecule has 0 atom stereocenters. The summed E-state index contributed by atoms with van der Waals surface area (Å²) in [6.07, 6.45) is 1.97. The number of nitrogens with zero attached hydrogens (tertiary/aromatic N) is 4. The number of rotatable bonds is 6. The fourth-order valence-electron chi connectivity index (χ4n) is 13.0. The Morgan fingerprint density at radius 1 is 0.320 bits per heavy atom. The van der Waals surface area contributed by atoms with Crippen LogP contribution in [0.5, 0.6) is 0 Å². The normalized spacial score (nSPS) is 12.9. The van der Waals surface area contributed by atoms with Gasteiger partial charge >= 0.3 is 0 Å². The molecule has 0 fully saturated rings. The lowest BCUT2D eigenvalue weighted by Gasteiger charge is -2.32. The number of para-hydroxylation sites is 3. The molecular formula is C71H44N4. The van der Waals surface area contributed by atoms with Gasteiger partial charge in [-0.15, -0.1) is 0 Å². The van der Waals surface area contributed by atoms with E-state index >= 15 is 0 Å². The van der Waals surface area contributed by atoms with Crippen LogP contribution in [0.15, 0.2) is 267 Å². The molecule has 4 nitrogen and oxygen atoms in total. The van der Waals surface area contributed by atoms with Gasteiger partial charge in [0, 0.05) is 49.9 Å². The molecule has 2 heterocycles. The monoisotopic (exact) mass is 952 g/mol. The highest BCUT2D eigenvalue weighted by Crippen LogP contribution is 2.64. The predicted molar refractivity (Wildman–Crippen MR) is 311 cm³/mol. The molecule has 16 rings (SSSR count). The van der Waals surface area contributed by atoms with Gasteiger partial charge in [0.25, 0.3) is 0 Å². The van der Waals surface area contributed by atoms with Crippen molar-refractivity contribution in [3.8, 4) is 50.3 Å². The molecule has 4 heteroatoms. The van der Waals surface area contributed by atoms with Gasteiger partial charge in [-0.25, -0.2) is 4.98 Å². The highest BCUT2D eigenvalue weighted by molar-refractivity contribution is 6.23. The number of fused-ring (bicyclic) bond motifs is 19. The van der Waals surface area contributed by atoms with Gasteiger partial charge in [0.2, 0.25) is 0 Å². The van der Waals surface area contributed by atoms with Crippen molar-refractivity contribution in [1.82, 2.24) is 14.5 Å². The van der Waals surface area contributed by atoms with E-state index in [2.05, 4.69) is 270 Å². The van der Waals surface area contributed by atoms with Crippen LogP contribution in [0.25, 0.3) is 105 Å². The lowest BCUT2D eigenvalue weighted by molar-refractivity contribution is 0.794. The maximum Gasteiger partial charge on any atom is 0.0979 e. The second-order valence-electron chi connectivity index (χ2n) is 20.0. The first kappa shape index (κ1) is 41.7. The first-order valence-corrected chi connectivity index (χ1v) is 25.8. The summed E-state index contributed by atoms with van der Waals surface area (Å²) in [5.41, 5.74) is 22.5. The molecular weight excluding hydrogens is 909 g/mol. The molecule has 2 aliphatic rings. The van der Waals surface area contributed by atoms with Crippen LogP contribution in [-0.2, 0) is 5.41 Å². The first-order chi connectivity index (χ1) is 37.2. The van der Waals surface area contributed by atoms with Crippen LogP contribution in [0, 0.1) is 0 Å². The van der Waals surface area contributed by atoms with Gasteiger partial charge in [-0.2, -0.15) is 0 Å². The van der Waals surface area contributed by atoms with Crippen molar-refractivity contribution in [2.45, 2.75) is 5.41 Å². The molecule has 348 valence electrons. The maximum atomic E-state index is 5.50. The van der Waals surface area contributed by atoms with Crippen molar-refractivity contribution in [3.05, 3.63) is 289 Å². The van der Waals surface area contributed by atoms with E-state index in [0.29, 0.717) is 0 Å². The molecule has 0 amide bonds. The third-order valence-electron chi connectivity index (χ3n) is 16.2. The van der Waals surface area contributed by atoms with Crippen LogP contribution in [0.3, 0.4) is 0 Å². The van der Waals surface area contributed by atoms with Gasteiger partial charge in [-0.1, -0.05) is 188 Å². The average molecular weight is 953 g/mol. The molecule has 12 aromatic carbocycles. The Morgan fingerprint density at radius 3 is 1.55 bits per heavy atom. The standard InChI is InChI=1S/C71H44N4/c1-3-17-48(18-4-1)74(50-35-31-45(32-36-50)46-34-40-68-61(41-46)58-25-13-16-30-67(58)75(68)49-19-5-2-6-20-49)51-37-39-57-56-38-33-47(66-44-72-69-59-26-9-7-21-52(59)53-22-8-10-27-60(53)70(69)73-66)42-64(56)71(65(57)43-51)62-28-14-11-23-54(62)55-24-12-15-29-63(55)71/h1-44H. The number of benzene rings is 12. The van der Waals surface area contributed by atoms with E-state index < -0.39 is 5.41 Å². The van der Waals surface area contributed by atoms with Crippen molar-refractivity contribution in [1.29, 1.82) is 0 Å². The second kappa shape index (κ2) is 16.1. The van der Waals surface area contributed by atoms with Gasteiger partial charge in [-0.05, 0) is 139 Å². The highest BCUT2D eigenvalue weighted by Gasteiger charge is 2.52. The molecule has 2 aliphatic carbocycles. The Bertz CT molecular complexity index is 4570.